The molecule has 0 spiro atoms. The van der Waals surface area contributed by atoms with Crippen LogP contribution in [-0.4, -0.2) is 37.0 Å². The van der Waals surface area contributed by atoms with Gasteiger partial charge in [-0.3, -0.25) is 4.79 Å². The third-order valence-electron chi connectivity index (χ3n) is 2.79. The molecule has 3 nitrogen and oxygen atoms in total. The summed E-state index contributed by atoms with van der Waals surface area (Å²) in [5.74, 6) is -0.606. The monoisotopic (exact) mass is 242 g/mol. The van der Waals surface area contributed by atoms with Gasteiger partial charge in [0.15, 0.2) is 0 Å². The van der Waals surface area contributed by atoms with Crippen molar-refractivity contribution >= 4 is 17.5 Å². The largest absolute Gasteiger partial charge is 0.336 e. The smallest absolute Gasteiger partial charge is 0.255 e. The van der Waals surface area contributed by atoms with Crippen LogP contribution in [0.4, 0.5) is 4.39 Å². The highest BCUT2D eigenvalue weighted by atomic mass is 35.5. The minimum Gasteiger partial charge on any atom is -0.336 e. The Balaban J connectivity index is 2.19. The zero-order valence-corrected chi connectivity index (χ0v) is 9.59. The number of benzene rings is 1. The molecule has 86 valence electrons. The van der Waals surface area contributed by atoms with Crippen LogP contribution in [0.2, 0.25) is 5.02 Å². The van der Waals surface area contributed by atoms with Crippen LogP contribution < -0.4 is 5.32 Å². The van der Waals surface area contributed by atoms with Gasteiger partial charge in [-0.15, -0.1) is 0 Å². The molecule has 0 atom stereocenters. The second-order valence-corrected chi connectivity index (χ2v) is 4.26. The predicted octanol–water partition coefficient (Wildman–Crippen LogP) is 1.52. The van der Waals surface area contributed by atoms with E-state index in [-0.39, 0.29) is 17.0 Å². The number of carbonyl (C=O) groups is 1. The SMILES string of the molecule is CN(C(=O)c1ccc(F)cc1Cl)C1CNC1. The number of hydrogen-bond acceptors (Lipinski definition) is 2. The van der Waals surface area contributed by atoms with Crippen molar-refractivity contribution in [3.8, 4) is 0 Å². The molecule has 0 aliphatic carbocycles. The van der Waals surface area contributed by atoms with E-state index in [2.05, 4.69) is 5.32 Å². The maximum Gasteiger partial charge on any atom is 0.255 e. The average molecular weight is 243 g/mol. The molecule has 1 fully saturated rings. The summed E-state index contributed by atoms with van der Waals surface area (Å²) >= 11 is 5.83. The first kappa shape index (κ1) is 11.4. The van der Waals surface area contributed by atoms with Gasteiger partial charge >= 0.3 is 0 Å². The lowest BCUT2D eigenvalue weighted by atomic mass is 10.1. The third-order valence-corrected chi connectivity index (χ3v) is 3.10. The maximum absolute atomic E-state index is 12.8. The van der Waals surface area contributed by atoms with E-state index >= 15 is 0 Å². The summed E-state index contributed by atoms with van der Waals surface area (Å²) in [6.07, 6.45) is 0. The highest BCUT2D eigenvalue weighted by molar-refractivity contribution is 6.33. The van der Waals surface area contributed by atoms with Crippen LogP contribution in [0.25, 0.3) is 0 Å². The summed E-state index contributed by atoms with van der Waals surface area (Å²) in [5, 5.41) is 3.24. The number of nitrogens with one attached hydrogen (secondary N) is 1. The number of nitrogens with zero attached hydrogens (tertiary/aromatic N) is 1. The molecule has 1 aliphatic rings. The number of halogens is 2. The summed E-state index contributed by atoms with van der Waals surface area (Å²) in [6.45, 7) is 1.59. The van der Waals surface area contributed by atoms with Gasteiger partial charge in [-0.05, 0) is 18.2 Å². The molecule has 0 aromatic heterocycles. The topological polar surface area (TPSA) is 32.3 Å². The number of rotatable bonds is 2. The molecule has 1 amide bonds. The first-order chi connectivity index (χ1) is 7.59. The van der Waals surface area contributed by atoms with Gasteiger partial charge in [0.1, 0.15) is 5.82 Å². The van der Waals surface area contributed by atoms with Crippen molar-refractivity contribution in [2.24, 2.45) is 0 Å². The molecule has 1 aliphatic heterocycles. The zero-order valence-electron chi connectivity index (χ0n) is 8.84. The molecule has 0 bridgehead atoms. The van der Waals surface area contributed by atoms with Crippen LogP contribution in [0.15, 0.2) is 18.2 Å². The van der Waals surface area contributed by atoms with Gasteiger partial charge in [0.25, 0.3) is 5.91 Å². The van der Waals surface area contributed by atoms with Gasteiger partial charge in [-0.2, -0.15) is 0 Å². The minimum atomic E-state index is -0.436. The van der Waals surface area contributed by atoms with Crippen molar-refractivity contribution in [1.82, 2.24) is 10.2 Å². The molecular weight excluding hydrogens is 231 g/mol. The minimum absolute atomic E-state index is 0.157. The summed E-state index contributed by atoms with van der Waals surface area (Å²) in [4.78, 5) is 13.6. The molecule has 1 aromatic carbocycles. The molecule has 1 heterocycles. The van der Waals surface area contributed by atoms with Gasteiger partial charge in [0.05, 0.1) is 16.6 Å². The average Bonchev–Trinajstić information content (AvgIpc) is 2.14. The lowest BCUT2D eigenvalue weighted by Gasteiger charge is -2.35. The van der Waals surface area contributed by atoms with Gasteiger partial charge in [-0.25, -0.2) is 4.39 Å². The molecule has 5 heteroatoms. The van der Waals surface area contributed by atoms with Gasteiger partial charge in [0.2, 0.25) is 0 Å². The first-order valence-electron chi connectivity index (χ1n) is 5.02. The Morgan fingerprint density at radius 3 is 2.75 bits per heavy atom. The Bertz CT molecular complexity index is 420. The molecule has 0 saturated carbocycles. The summed E-state index contributed by atoms with van der Waals surface area (Å²) in [7, 11) is 1.73. The van der Waals surface area contributed by atoms with Crippen LogP contribution in [0.5, 0.6) is 0 Å². The van der Waals surface area contributed by atoms with E-state index in [0.717, 1.165) is 19.2 Å². The van der Waals surface area contributed by atoms with Crippen molar-refractivity contribution < 1.29 is 9.18 Å². The Kier molecular flexibility index (Phi) is 3.12. The Hall–Kier alpha value is -1.13. The van der Waals surface area contributed by atoms with Crippen molar-refractivity contribution in [3.63, 3.8) is 0 Å². The summed E-state index contributed by atoms with van der Waals surface area (Å²) in [5.41, 5.74) is 0.345. The molecule has 1 N–H and O–H groups in total. The van der Waals surface area contributed by atoms with Crippen molar-refractivity contribution in [2.75, 3.05) is 20.1 Å². The molecule has 0 radical (unpaired) electrons. The van der Waals surface area contributed by atoms with Crippen molar-refractivity contribution in [3.05, 3.63) is 34.6 Å². The van der Waals surface area contributed by atoms with Crippen molar-refractivity contribution in [2.45, 2.75) is 6.04 Å². The van der Waals surface area contributed by atoms with Crippen LogP contribution in [-0.2, 0) is 0 Å². The Morgan fingerprint density at radius 1 is 1.56 bits per heavy atom. The molecular formula is C11H12ClFN2O. The Labute approximate surface area is 98.2 Å². The van der Waals surface area contributed by atoms with Crippen LogP contribution in [0.3, 0.4) is 0 Å². The molecule has 16 heavy (non-hydrogen) atoms. The van der Waals surface area contributed by atoms with E-state index in [1.165, 1.54) is 12.1 Å². The molecule has 1 aromatic rings. The fraction of sp³-hybridized carbons (Fsp3) is 0.364. The number of amides is 1. The first-order valence-corrected chi connectivity index (χ1v) is 5.40. The standard InChI is InChI=1S/C11H12ClFN2O/c1-15(8-5-14-6-8)11(16)9-3-2-7(13)4-10(9)12/h2-4,8,14H,5-6H2,1H3. The van der Waals surface area contributed by atoms with Crippen LogP contribution in [0.1, 0.15) is 10.4 Å². The fourth-order valence-corrected chi connectivity index (χ4v) is 1.81. The third kappa shape index (κ3) is 2.03. The maximum atomic E-state index is 12.8. The van der Waals surface area contributed by atoms with Crippen LogP contribution in [0, 0.1) is 5.82 Å². The van der Waals surface area contributed by atoms with E-state index in [1.807, 2.05) is 0 Å². The normalized spacial score (nSPS) is 15.7. The molecule has 2 rings (SSSR count). The quantitative estimate of drug-likeness (QED) is 0.853. The number of likely N-dealkylation sites (N-methyl/N-ethyl adjacent to an activating group) is 1. The summed E-state index contributed by atoms with van der Waals surface area (Å²) in [6, 6.07) is 4.02. The highest BCUT2D eigenvalue weighted by Gasteiger charge is 2.26. The van der Waals surface area contributed by atoms with E-state index in [1.54, 1.807) is 11.9 Å². The predicted molar refractivity (Wildman–Crippen MR) is 60.2 cm³/mol. The van der Waals surface area contributed by atoms with E-state index < -0.39 is 5.82 Å². The number of carbonyl (C=O) groups excluding carboxylic acids is 1. The van der Waals surface area contributed by atoms with Crippen molar-refractivity contribution in [1.29, 1.82) is 0 Å². The second-order valence-electron chi connectivity index (χ2n) is 3.85. The lowest BCUT2D eigenvalue weighted by molar-refractivity contribution is 0.0681. The number of hydrogen-bond donors (Lipinski definition) is 1. The lowest BCUT2D eigenvalue weighted by Crippen LogP contribution is -2.57. The second kappa shape index (κ2) is 4.39. The van der Waals surface area contributed by atoms with Gasteiger partial charge in [-0.1, -0.05) is 11.6 Å². The van der Waals surface area contributed by atoms with E-state index in [9.17, 15) is 9.18 Å². The summed E-state index contributed by atoms with van der Waals surface area (Å²) < 4.78 is 12.8. The van der Waals surface area contributed by atoms with E-state index in [4.69, 9.17) is 11.6 Å². The molecule has 0 unspecified atom stereocenters. The zero-order chi connectivity index (χ0) is 11.7. The van der Waals surface area contributed by atoms with Gasteiger partial charge < -0.3 is 10.2 Å². The van der Waals surface area contributed by atoms with Crippen LogP contribution >= 0.6 is 11.6 Å². The molecule has 1 saturated heterocycles. The Morgan fingerprint density at radius 2 is 2.25 bits per heavy atom. The fourth-order valence-electron chi connectivity index (χ4n) is 1.57. The van der Waals surface area contributed by atoms with E-state index in [0.29, 0.717) is 5.56 Å². The highest BCUT2D eigenvalue weighted by Crippen LogP contribution is 2.19. The van der Waals surface area contributed by atoms with Gasteiger partial charge in [0, 0.05) is 20.1 Å².